The van der Waals surface area contributed by atoms with E-state index < -0.39 is 0 Å². The van der Waals surface area contributed by atoms with Crippen molar-refractivity contribution in [1.29, 1.82) is 0 Å². The summed E-state index contributed by atoms with van der Waals surface area (Å²) in [6, 6.07) is 81.8. The Kier molecular flexibility index (Phi) is 8.92. The van der Waals surface area contributed by atoms with Crippen molar-refractivity contribution >= 4 is 17.1 Å². The second-order valence-electron chi connectivity index (χ2n) is 15.7. The zero-order valence-electron chi connectivity index (χ0n) is 32.8. The molecule has 0 aliphatic heterocycles. The molecule has 276 valence electrons. The van der Waals surface area contributed by atoms with E-state index in [2.05, 4.69) is 243 Å². The van der Waals surface area contributed by atoms with Gasteiger partial charge in [0.2, 0.25) is 0 Å². The standard InChI is InChI=1S/C57H43N/c1-57(2)53-30-15-14-27-50(53)51-37-34-45(39-54(51)57)41-32-35-46(36-33-41)58(47-25-16-24-44(38-47)40-18-6-3-7-19-40)55-31-17-29-49(43-22-10-5-11-23-43)56(55)52-28-13-12-26-48(52)42-20-8-4-9-21-42/h3-39H,1-2H3. The van der Waals surface area contributed by atoms with Crippen LogP contribution in [-0.2, 0) is 5.41 Å². The number of anilines is 3. The molecule has 0 atom stereocenters. The lowest BCUT2D eigenvalue weighted by Gasteiger charge is -2.30. The molecule has 0 bridgehead atoms. The van der Waals surface area contributed by atoms with Crippen molar-refractivity contribution in [2.75, 3.05) is 4.90 Å². The summed E-state index contributed by atoms with van der Waals surface area (Å²) in [6.45, 7) is 4.70. The first-order valence-electron chi connectivity index (χ1n) is 20.2. The average molecular weight is 742 g/mol. The van der Waals surface area contributed by atoms with Crippen molar-refractivity contribution in [2.45, 2.75) is 19.3 Å². The predicted molar refractivity (Wildman–Crippen MR) is 246 cm³/mol. The van der Waals surface area contributed by atoms with Gasteiger partial charge in [0.15, 0.2) is 0 Å². The summed E-state index contributed by atoms with van der Waals surface area (Å²) < 4.78 is 0. The van der Waals surface area contributed by atoms with Gasteiger partial charge in [-0.3, -0.25) is 0 Å². The topological polar surface area (TPSA) is 3.24 Å². The minimum Gasteiger partial charge on any atom is -0.310 e. The van der Waals surface area contributed by atoms with E-state index in [9.17, 15) is 0 Å². The van der Waals surface area contributed by atoms with Crippen LogP contribution >= 0.6 is 0 Å². The number of rotatable bonds is 8. The molecule has 1 aliphatic carbocycles. The molecule has 0 fully saturated rings. The van der Waals surface area contributed by atoms with Crippen molar-refractivity contribution in [1.82, 2.24) is 0 Å². The molecule has 9 aromatic carbocycles. The van der Waals surface area contributed by atoms with Gasteiger partial charge in [-0.1, -0.05) is 202 Å². The number of nitrogens with zero attached hydrogens (tertiary/aromatic N) is 1. The largest absolute Gasteiger partial charge is 0.310 e. The van der Waals surface area contributed by atoms with Crippen LogP contribution in [0.2, 0.25) is 0 Å². The third-order valence-corrected chi connectivity index (χ3v) is 11.9. The molecule has 1 nitrogen and oxygen atoms in total. The molecule has 0 saturated carbocycles. The average Bonchev–Trinajstić information content (AvgIpc) is 3.53. The molecule has 9 aromatic rings. The second-order valence-corrected chi connectivity index (χ2v) is 15.7. The lowest BCUT2D eigenvalue weighted by atomic mass is 9.81. The predicted octanol–water partition coefficient (Wildman–Crippen LogP) is 15.8. The highest BCUT2D eigenvalue weighted by Crippen LogP contribution is 2.51. The van der Waals surface area contributed by atoms with Gasteiger partial charge in [0.05, 0.1) is 5.69 Å². The maximum atomic E-state index is 2.45. The van der Waals surface area contributed by atoms with Gasteiger partial charge < -0.3 is 4.90 Å². The Bertz CT molecular complexity index is 2890. The summed E-state index contributed by atoms with van der Waals surface area (Å²) in [6.07, 6.45) is 0. The second kappa shape index (κ2) is 14.7. The Morgan fingerprint density at radius 2 is 0.776 bits per heavy atom. The lowest BCUT2D eigenvalue weighted by Crippen LogP contribution is -2.14. The summed E-state index contributed by atoms with van der Waals surface area (Å²) in [5.41, 5.74) is 20.6. The Morgan fingerprint density at radius 3 is 1.48 bits per heavy atom. The van der Waals surface area contributed by atoms with Gasteiger partial charge in [-0.25, -0.2) is 0 Å². The normalized spacial score (nSPS) is 12.4. The van der Waals surface area contributed by atoms with E-state index in [0.717, 1.165) is 17.1 Å². The van der Waals surface area contributed by atoms with Crippen LogP contribution in [0, 0.1) is 0 Å². The number of hydrogen-bond acceptors (Lipinski definition) is 1. The van der Waals surface area contributed by atoms with Crippen LogP contribution < -0.4 is 4.90 Å². The van der Waals surface area contributed by atoms with Crippen LogP contribution in [0.5, 0.6) is 0 Å². The molecule has 0 heterocycles. The lowest BCUT2D eigenvalue weighted by molar-refractivity contribution is 0.660. The van der Waals surface area contributed by atoms with Crippen molar-refractivity contribution < 1.29 is 0 Å². The third kappa shape index (κ3) is 6.22. The highest BCUT2D eigenvalue weighted by Gasteiger charge is 2.35. The zero-order chi connectivity index (χ0) is 39.1. The highest BCUT2D eigenvalue weighted by molar-refractivity contribution is 6.01. The molecule has 0 unspecified atom stereocenters. The third-order valence-electron chi connectivity index (χ3n) is 11.9. The number of fused-ring (bicyclic) bond motifs is 3. The zero-order valence-corrected chi connectivity index (χ0v) is 32.8. The Labute approximate surface area is 342 Å². The molecule has 0 radical (unpaired) electrons. The van der Waals surface area contributed by atoms with E-state index >= 15 is 0 Å². The maximum Gasteiger partial charge on any atom is 0.0546 e. The Hall–Kier alpha value is -7.22. The van der Waals surface area contributed by atoms with Gasteiger partial charge in [0.25, 0.3) is 0 Å². The van der Waals surface area contributed by atoms with Crippen molar-refractivity contribution in [2.24, 2.45) is 0 Å². The van der Waals surface area contributed by atoms with Crippen molar-refractivity contribution in [3.05, 3.63) is 236 Å². The van der Waals surface area contributed by atoms with E-state index in [4.69, 9.17) is 0 Å². The molecule has 0 N–H and O–H groups in total. The highest BCUT2D eigenvalue weighted by atomic mass is 15.1. The van der Waals surface area contributed by atoms with E-state index in [1.807, 2.05) is 0 Å². The van der Waals surface area contributed by atoms with E-state index in [1.165, 1.54) is 77.9 Å². The van der Waals surface area contributed by atoms with E-state index in [0.29, 0.717) is 0 Å². The quantitative estimate of drug-likeness (QED) is 0.150. The molecule has 0 spiro atoms. The molecule has 0 amide bonds. The van der Waals surface area contributed by atoms with Crippen molar-refractivity contribution in [3.8, 4) is 66.8 Å². The summed E-state index contributed by atoms with van der Waals surface area (Å²) in [5, 5.41) is 0. The fraction of sp³-hybridized carbons (Fsp3) is 0.0526. The summed E-state index contributed by atoms with van der Waals surface area (Å²) in [5.74, 6) is 0. The Morgan fingerprint density at radius 1 is 0.293 bits per heavy atom. The molecular weight excluding hydrogens is 699 g/mol. The first-order valence-corrected chi connectivity index (χ1v) is 20.2. The van der Waals surface area contributed by atoms with Crippen LogP contribution in [0.25, 0.3) is 66.8 Å². The van der Waals surface area contributed by atoms with Gasteiger partial charge in [-0.05, 0) is 109 Å². The molecule has 10 rings (SSSR count). The van der Waals surface area contributed by atoms with Crippen LogP contribution in [-0.4, -0.2) is 0 Å². The van der Waals surface area contributed by atoms with Gasteiger partial charge in [-0.2, -0.15) is 0 Å². The Balaban J connectivity index is 1.17. The van der Waals surface area contributed by atoms with Crippen LogP contribution in [0.1, 0.15) is 25.0 Å². The van der Waals surface area contributed by atoms with Crippen LogP contribution in [0.15, 0.2) is 224 Å². The minimum absolute atomic E-state index is 0.0569. The van der Waals surface area contributed by atoms with Crippen LogP contribution in [0.4, 0.5) is 17.1 Å². The molecule has 58 heavy (non-hydrogen) atoms. The molecule has 1 aliphatic rings. The van der Waals surface area contributed by atoms with Gasteiger partial charge in [0.1, 0.15) is 0 Å². The van der Waals surface area contributed by atoms with Gasteiger partial charge >= 0.3 is 0 Å². The molecular formula is C57H43N. The fourth-order valence-electron chi connectivity index (χ4n) is 9.01. The maximum absolute atomic E-state index is 2.45. The summed E-state index contributed by atoms with van der Waals surface area (Å²) in [7, 11) is 0. The summed E-state index contributed by atoms with van der Waals surface area (Å²) >= 11 is 0. The van der Waals surface area contributed by atoms with E-state index in [1.54, 1.807) is 0 Å². The first-order chi connectivity index (χ1) is 28.5. The van der Waals surface area contributed by atoms with Gasteiger partial charge in [0, 0.05) is 22.4 Å². The monoisotopic (exact) mass is 741 g/mol. The molecule has 0 saturated heterocycles. The number of benzene rings is 9. The van der Waals surface area contributed by atoms with Crippen LogP contribution in [0.3, 0.4) is 0 Å². The van der Waals surface area contributed by atoms with E-state index in [-0.39, 0.29) is 5.41 Å². The number of hydrogen-bond donors (Lipinski definition) is 0. The molecule has 1 heteroatoms. The minimum atomic E-state index is -0.0569. The molecule has 0 aromatic heterocycles. The summed E-state index contributed by atoms with van der Waals surface area (Å²) in [4.78, 5) is 2.45. The van der Waals surface area contributed by atoms with Gasteiger partial charge in [-0.15, -0.1) is 0 Å². The SMILES string of the molecule is CC1(C)c2ccccc2-c2ccc(-c3ccc(N(c4cccc(-c5ccccc5)c4)c4cccc(-c5ccccc5)c4-c4ccccc4-c4ccccc4)cc3)cc21. The van der Waals surface area contributed by atoms with Crippen molar-refractivity contribution in [3.63, 3.8) is 0 Å². The fourth-order valence-corrected chi connectivity index (χ4v) is 9.01. The smallest absolute Gasteiger partial charge is 0.0546 e. The first kappa shape index (κ1) is 35.2.